The summed E-state index contributed by atoms with van der Waals surface area (Å²) in [6, 6.07) is 21.3. The first-order chi connectivity index (χ1) is 12.7. The van der Waals surface area contributed by atoms with E-state index in [1.54, 1.807) is 0 Å². The number of amides is 1. The van der Waals surface area contributed by atoms with Crippen LogP contribution in [0, 0.1) is 0 Å². The van der Waals surface area contributed by atoms with Crippen LogP contribution in [0.5, 0.6) is 0 Å². The Morgan fingerprint density at radius 3 is 2.11 bits per heavy atom. The third-order valence-corrected chi connectivity index (χ3v) is 9.41. The Kier molecular flexibility index (Phi) is 7.25. The van der Waals surface area contributed by atoms with Crippen LogP contribution >= 0.6 is 0 Å². The molecule has 0 radical (unpaired) electrons. The lowest BCUT2D eigenvalue weighted by molar-refractivity contribution is 0.0527. The van der Waals surface area contributed by atoms with Crippen molar-refractivity contribution in [3.05, 3.63) is 66.2 Å². The fourth-order valence-corrected chi connectivity index (χ4v) is 6.33. The van der Waals surface area contributed by atoms with Crippen molar-refractivity contribution in [2.75, 3.05) is 6.54 Å². The second-order valence-electron chi connectivity index (χ2n) is 8.69. The van der Waals surface area contributed by atoms with Crippen LogP contribution in [0.4, 0.5) is 4.79 Å². The van der Waals surface area contributed by atoms with Gasteiger partial charge in [-0.05, 0) is 44.7 Å². The Morgan fingerprint density at radius 2 is 1.56 bits per heavy atom. The maximum absolute atomic E-state index is 12.2. The number of alkyl carbamates (subject to hydrolysis) is 1. The molecule has 1 amide bonds. The summed E-state index contributed by atoms with van der Waals surface area (Å²) in [5, 5.41) is 4.45. The Bertz CT molecular complexity index is 708. The van der Waals surface area contributed by atoms with Gasteiger partial charge in [-0.15, -0.1) is 0 Å². The molecule has 4 heteroatoms. The van der Waals surface area contributed by atoms with Gasteiger partial charge in [0.15, 0.2) is 0 Å². The van der Waals surface area contributed by atoms with Gasteiger partial charge in [0.1, 0.15) is 5.60 Å². The summed E-state index contributed by atoms with van der Waals surface area (Å²) in [7, 11) is -1.76. The molecule has 1 atom stereocenters. The maximum atomic E-state index is 12.2. The summed E-state index contributed by atoms with van der Waals surface area (Å²) in [6.07, 6.45) is 1.74. The number of ether oxygens (including phenoxy) is 1. The zero-order valence-electron chi connectivity index (χ0n) is 17.3. The van der Waals surface area contributed by atoms with Gasteiger partial charge in [0.2, 0.25) is 0 Å². The van der Waals surface area contributed by atoms with Gasteiger partial charge in [0.05, 0.1) is 8.07 Å². The second-order valence-corrected chi connectivity index (χ2v) is 13.5. The van der Waals surface area contributed by atoms with Crippen molar-refractivity contribution in [3.63, 3.8) is 0 Å². The molecule has 2 aromatic carbocycles. The first-order valence-electron chi connectivity index (χ1n) is 9.75. The summed E-state index contributed by atoms with van der Waals surface area (Å²) in [5.41, 5.74) is 1.29. The van der Waals surface area contributed by atoms with Crippen molar-refractivity contribution in [3.8, 4) is 0 Å². The highest BCUT2D eigenvalue weighted by Crippen LogP contribution is 2.27. The molecule has 0 aliphatic heterocycles. The fourth-order valence-electron chi connectivity index (χ4n) is 3.33. The number of carbonyl (C=O) groups excluding carboxylic acids is 1. The average Bonchev–Trinajstić information content (AvgIpc) is 2.61. The minimum Gasteiger partial charge on any atom is -0.444 e. The van der Waals surface area contributed by atoms with Gasteiger partial charge >= 0.3 is 6.09 Å². The van der Waals surface area contributed by atoms with E-state index in [0.29, 0.717) is 12.1 Å². The van der Waals surface area contributed by atoms with Crippen LogP contribution in [0.15, 0.2) is 60.7 Å². The van der Waals surface area contributed by atoms with Gasteiger partial charge in [-0.1, -0.05) is 78.9 Å². The Balaban J connectivity index is 2.11. The highest BCUT2D eigenvalue weighted by atomic mass is 28.3. The number of benzene rings is 2. The average molecular weight is 384 g/mol. The highest BCUT2D eigenvalue weighted by Gasteiger charge is 2.33. The number of rotatable bonds is 7. The van der Waals surface area contributed by atoms with Crippen LogP contribution in [0.25, 0.3) is 0 Å². The van der Waals surface area contributed by atoms with Gasteiger partial charge in [0, 0.05) is 6.54 Å². The van der Waals surface area contributed by atoms with Gasteiger partial charge < -0.3 is 10.1 Å². The molecule has 0 saturated carbocycles. The van der Waals surface area contributed by atoms with E-state index >= 15 is 0 Å². The second kappa shape index (κ2) is 9.22. The molecule has 2 rings (SSSR count). The summed E-state index contributed by atoms with van der Waals surface area (Å²) in [6.45, 7) is 11.1. The predicted octanol–water partition coefficient (Wildman–Crippen LogP) is 5.13. The molecular formula is C23H33NO2Si. The van der Waals surface area contributed by atoms with Gasteiger partial charge in [0.25, 0.3) is 0 Å². The summed E-state index contributed by atoms with van der Waals surface area (Å²) in [4.78, 5) is 12.2. The molecule has 0 saturated heterocycles. The van der Waals surface area contributed by atoms with E-state index in [-0.39, 0.29) is 6.09 Å². The summed E-state index contributed by atoms with van der Waals surface area (Å²) in [5.74, 6) is 0. The van der Waals surface area contributed by atoms with E-state index in [1.165, 1.54) is 10.8 Å². The van der Waals surface area contributed by atoms with E-state index in [9.17, 15) is 4.79 Å². The molecule has 0 spiro atoms. The molecule has 0 aliphatic rings. The molecule has 0 bridgehead atoms. The number of carbonyl (C=O) groups is 1. The first-order valence-corrected chi connectivity index (χ1v) is 12.8. The van der Waals surface area contributed by atoms with E-state index < -0.39 is 13.7 Å². The topological polar surface area (TPSA) is 38.3 Å². The molecule has 0 heterocycles. The van der Waals surface area contributed by atoms with Crippen molar-refractivity contribution in [1.29, 1.82) is 0 Å². The highest BCUT2D eigenvalue weighted by molar-refractivity contribution is 6.91. The van der Waals surface area contributed by atoms with Gasteiger partial charge in [-0.25, -0.2) is 4.79 Å². The minimum absolute atomic E-state index is 0.329. The van der Waals surface area contributed by atoms with Crippen LogP contribution < -0.4 is 10.5 Å². The smallest absolute Gasteiger partial charge is 0.407 e. The van der Waals surface area contributed by atoms with Crippen LogP contribution in [-0.4, -0.2) is 26.3 Å². The quantitative estimate of drug-likeness (QED) is 0.673. The molecule has 1 N–H and O–H groups in total. The molecule has 0 aliphatic carbocycles. The largest absolute Gasteiger partial charge is 0.444 e. The SMILES string of the molecule is CC(C)(C)OC(=O)NC[C@H](CCc1ccccc1)[Si](C)(C)c1ccccc1. The van der Waals surface area contributed by atoms with Crippen LogP contribution in [0.3, 0.4) is 0 Å². The van der Waals surface area contributed by atoms with Crippen LogP contribution in [-0.2, 0) is 11.2 Å². The molecule has 0 unspecified atom stereocenters. The lowest BCUT2D eigenvalue weighted by atomic mass is 10.1. The third kappa shape index (κ3) is 6.87. The zero-order valence-corrected chi connectivity index (χ0v) is 18.3. The standard InChI is InChI=1S/C23H33NO2Si/c1-23(2,3)26-22(25)24-18-21(17-16-19-12-8-6-9-13-19)27(4,5)20-14-10-7-11-15-20/h6-15,21H,16-18H2,1-5H3,(H,24,25)/t21-/m0/s1. The first kappa shape index (κ1) is 21.2. The molecule has 3 nitrogen and oxygen atoms in total. The van der Waals surface area contributed by atoms with Crippen molar-refractivity contribution in [2.24, 2.45) is 0 Å². The number of nitrogens with one attached hydrogen (secondary N) is 1. The van der Waals surface area contributed by atoms with E-state index in [4.69, 9.17) is 4.74 Å². The molecule has 0 aromatic heterocycles. The van der Waals surface area contributed by atoms with Crippen molar-refractivity contribution in [2.45, 2.75) is 57.8 Å². The fraction of sp³-hybridized carbons (Fsp3) is 0.435. The lowest BCUT2D eigenvalue weighted by Gasteiger charge is -2.34. The number of aryl methyl sites for hydroxylation is 1. The number of hydrogen-bond donors (Lipinski definition) is 1. The van der Waals surface area contributed by atoms with Crippen molar-refractivity contribution < 1.29 is 9.53 Å². The van der Waals surface area contributed by atoms with Crippen molar-refractivity contribution >= 4 is 19.4 Å². The molecule has 2 aromatic rings. The van der Waals surface area contributed by atoms with Crippen LogP contribution in [0.1, 0.15) is 32.8 Å². The molecule has 0 fully saturated rings. The van der Waals surface area contributed by atoms with Gasteiger partial charge in [-0.2, -0.15) is 0 Å². The van der Waals surface area contributed by atoms with E-state index in [1.807, 2.05) is 26.8 Å². The molecule has 27 heavy (non-hydrogen) atoms. The Morgan fingerprint density at radius 1 is 1.00 bits per heavy atom. The monoisotopic (exact) mass is 383 g/mol. The van der Waals surface area contributed by atoms with Gasteiger partial charge in [-0.3, -0.25) is 0 Å². The third-order valence-electron chi connectivity index (χ3n) is 5.05. The Labute approximate surface area is 165 Å². The summed E-state index contributed by atoms with van der Waals surface area (Å²) >= 11 is 0. The zero-order chi connectivity index (χ0) is 19.9. The maximum Gasteiger partial charge on any atom is 0.407 e. The minimum atomic E-state index is -1.76. The normalized spacial score (nSPS) is 13.1. The predicted molar refractivity (Wildman–Crippen MR) is 116 cm³/mol. The van der Waals surface area contributed by atoms with Crippen molar-refractivity contribution in [1.82, 2.24) is 5.32 Å². The van der Waals surface area contributed by atoms with E-state index in [2.05, 4.69) is 73.0 Å². The lowest BCUT2D eigenvalue weighted by Crippen LogP contribution is -2.50. The van der Waals surface area contributed by atoms with E-state index in [0.717, 1.165) is 12.8 Å². The summed E-state index contributed by atoms with van der Waals surface area (Å²) < 4.78 is 5.43. The molecular weight excluding hydrogens is 350 g/mol. The van der Waals surface area contributed by atoms with Crippen LogP contribution in [0.2, 0.25) is 18.6 Å². The Hall–Kier alpha value is -2.07. The molecule has 146 valence electrons. The number of hydrogen-bond acceptors (Lipinski definition) is 2.